The van der Waals surface area contributed by atoms with Gasteiger partial charge in [-0.3, -0.25) is 4.79 Å². The second kappa shape index (κ2) is 4.82. The molecule has 1 saturated carbocycles. The summed E-state index contributed by atoms with van der Waals surface area (Å²) in [5.74, 6) is 0.0785. The van der Waals surface area contributed by atoms with Crippen molar-refractivity contribution in [2.24, 2.45) is 5.14 Å². The average Bonchev–Trinajstić information content (AvgIpc) is 3.11. The Hall–Kier alpha value is -1.60. The lowest BCUT2D eigenvalue weighted by atomic mass is 10.2. The highest BCUT2D eigenvalue weighted by atomic mass is 32.2. The van der Waals surface area contributed by atoms with Crippen LogP contribution in [0, 0.1) is 0 Å². The topological polar surface area (TPSA) is 89.7 Å². The number of benzene rings is 1. The fraction of sp³-hybridized carbons (Fsp3) is 0.417. The molecule has 0 atom stereocenters. The second-order valence-corrected chi connectivity index (χ2v) is 6.28. The van der Waals surface area contributed by atoms with Gasteiger partial charge in [0.2, 0.25) is 10.0 Å². The number of primary sulfonamides is 1. The van der Waals surface area contributed by atoms with Gasteiger partial charge in [-0.05, 0) is 31.0 Å². The minimum atomic E-state index is -3.84. The number of nitrogens with two attached hydrogens (primary N) is 1. The molecule has 1 aliphatic rings. The summed E-state index contributed by atoms with van der Waals surface area (Å²) in [6.07, 6.45) is 2.02. The Morgan fingerprint density at radius 3 is 2.47 bits per heavy atom. The van der Waals surface area contributed by atoms with Gasteiger partial charge in [0.1, 0.15) is 5.75 Å². The van der Waals surface area contributed by atoms with Gasteiger partial charge in [0, 0.05) is 14.1 Å². The molecule has 0 saturated heterocycles. The number of nitrogens with zero attached hydrogens (tertiary/aromatic N) is 1. The van der Waals surface area contributed by atoms with E-state index in [0.29, 0.717) is 5.75 Å². The molecule has 0 bridgehead atoms. The molecule has 1 fully saturated rings. The Morgan fingerprint density at radius 1 is 1.37 bits per heavy atom. The van der Waals surface area contributed by atoms with Gasteiger partial charge in [0.25, 0.3) is 5.91 Å². The summed E-state index contributed by atoms with van der Waals surface area (Å²) >= 11 is 0. The molecule has 0 spiro atoms. The van der Waals surface area contributed by atoms with E-state index in [2.05, 4.69) is 0 Å². The fourth-order valence-electron chi connectivity index (χ4n) is 1.56. The predicted octanol–water partition coefficient (Wildman–Crippen LogP) is 0.577. The summed E-state index contributed by atoms with van der Waals surface area (Å²) in [5.41, 5.74) is 0.212. The van der Waals surface area contributed by atoms with Gasteiger partial charge in [-0.15, -0.1) is 0 Å². The third-order valence-corrected chi connectivity index (χ3v) is 3.65. The van der Waals surface area contributed by atoms with Gasteiger partial charge in [-0.1, -0.05) is 0 Å². The van der Waals surface area contributed by atoms with Gasteiger partial charge < -0.3 is 9.64 Å². The molecule has 1 aromatic carbocycles. The molecular formula is C12H16N2O4S. The van der Waals surface area contributed by atoms with E-state index in [-0.39, 0.29) is 22.5 Å². The zero-order chi connectivity index (χ0) is 14.2. The third-order valence-electron chi connectivity index (χ3n) is 2.73. The largest absolute Gasteiger partial charge is 0.490 e. The zero-order valence-electron chi connectivity index (χ0n) is 10.8. The molecule has 0 radical (unpaired) electrons. The Bertz CT molecular complexity index is 606. The van der Waals surface area contributed by atoms with Crippen LogP contribution in [0.5, 0.6) is 5.75 Å². The van der Waals surface area contributed by atoms with Crippen LogP contribution in [0.15, 0.2) is 23.1 Å². The molecule has 2 N–H and O–H groups in total. The van der Waals surface area contributed by atoms with Crippen molar-refractivity contribution in [3.63, 3.8) is 0 Å². The van der Waals surface area contributed by atoms with Crippen LogP contribution in [-0.4, -0.2) is 39.4 Å². The van der Waals surface area contributed by atoms with Crippen LogP contribution in [0.4, 0.5) is 0 Å². The van der Waals surface area contributed by atoms with Crippen molar-refractivity contribution in [1.29, 1.82) is 0 Å². The minimum Gasteiger partial charge on any atom is -0.490 e. The summed E-state index contributed by atoms with van der Waals surface area (Å²) in [5, 5.41) is 5.07. The van der Waals surface area contributed by atoms with Crippen LogP contribution >= 0.6 is 0 Å². The van der Waals surface area contributed by atoms with E-state index in [1.54, 1.807) is 14.1 Å². The number of rotatable bonds is 4. The number of hydrogen-bond donors (Lipinski definition) is 1. The van der Waals surface area contributed by atoms with Gasteiger partial charge in [0.15, 0.2) is 0 Å². The summed E-state index contributed by atoms with van der Waals surface area (Å²) in [4.78, 5) is 13.3. The van der Waals surface area contributed by atoms with Gasteiger partial charge >= 0.3 is 0 Å². The molecular weight excluding hydrogens is 268 g/mol. The minimum absolute atomic E-state index is 0.0964. The van der Waals surface area contributed by atoms with Crippen molar-refractivity contribution in [3.8, 4) is 5.75 Å². The number of amides is 1. The molecule has 0 heterocycles. The highest BCUT2D eigenvalue weighted by Gasteiger charge is 2.27. The van der Waals surface area contributed by atoms with E-state index in [1.807, 2.05) is 0 Å². The van der Waals surface area contributed by atoms with Crippen molar-refractivity contribution in [3.05, 3.63) is 23.8 Å². The average molecular weight is 284 g/mol. The van der Waals surface area contributed by atoms with Crippen molar-refractivity contribution in [2.75, 3.05) is 14.1 Å². The first kappa shape index (κ1) is 13.8. The van der Waals surface area contributed by atoms with Crippen molar-refractivity contribution < 1.29 is 17.9 Å². The highest BCUT2D eigenvalue weighted by molar-refractivity contribution is 7.89. The van der Waals surface area contributed by atoms with E-state index in [1.165, 1.54) is 23.1 Å². The third kappa shape index (κ3) is 3.24. The Kier molecular flexibility index (Phi) is 3.51. The quantitative estimate of drug-likeness (QED) is 0.875. The first-order chi connectivity index (χ1) is 8.79. The van der Waals surface area contributed by atoms with Crippen molar-refractivity contribution in [2.45, 2.75) is 23.8 Å². The lowest BCUT2D eigenvalue weighted by Crippen LogP contribution is -2.23. The molecule has 6 nitrogen and oxygen atoms in total. The zero-order valence-corrected chi connectivity index (χ0v) is 11.6. The molecule has 1 amide bonds. The maximum atomic E-state index is 12.1. The Labute approximate surface area is 112 Å². The number of hydrogen-bond acceptors (Lipinski definition) is 4. The smallest absolute Gasteiger partial charge is 0.257 e. The molecule has 0 unspecified atom stereocenters. The molecule has 0 aromatic heterocycles. The van der Waals surface area contributed by atoms with Crippen LogP contribution in [-0.2, 0) is 10.0 Å². The monoisotopic (exact) mass is 284 g/mol. The Morgan fingerprint density at radius 2 is 2.00 bits per heavy atom. The standard InChI is InChI=1S/C12H16N2O4S/c1-14(2)12(15)10-7-9(19(13,16)17)5-6-11(10)18-8-3-4-8/h5-8H,3-4H2,1-2H3,(H2,13,16,17). The Balaban J connectivity index is 2.46. The molecule has 0 aliphatic heterocycles. The first-order valence-corrected chi connectivity index (χ1v) is 7.39. The first-order valence-electron chi connectivity index (χ1n) is 5.84. The van der Waals surface area contributed by atoms with Crippen LogP contribution in [0.25, 0.3) is 0 Å². The van der Waals surface area contributed by atoms with Crippen LogP contribution in [0.3, 0.4) is 0 Å². The molecule has 2 rings (SSSR count). The number of carbonyl (C=O) groups excluding carboxylic acids is 1. The van der Waals surface area contributed by atoms with Gasteiger partial charge in [0.05, 0.1) is 16.6 Å². The maximum Gasteiger partial charge on any atom is 0.257 e. The van der Waals surface area contributed by atoms with Crippen molar-refractivity contribution >= 4 is 15.9 Å². The lowest BCUT2D eigenvalue weighted by molar-refractivity contribution is 0.0822. The second-order valence-electron chi connectivity index (χ2n) is 4.72. The number of sulfonamides is 1. The van der Waals surface area contributed by atoms with E-state index in [4.69, 9.17) is 9.88 Å². The van der Waals surface area contributed by atoms with E-state index < -0.39 is 10.0 Å². The molecule has 19 heavy (non-hydrogen) atoms. The summed E-state index contributed by atoms with van der Waals surface area (Å²) in [6.45, 7) is 0. The highest BCUT2D eigenvalue weighted by Crippen LogP contribution is 2.30. The van der Waals surface area contributed by atoms with Crippen LogP contribution in [0.2, 0.25) is 0 Å². The summed E-state index contributed by atoms with van der Waals surface area (Å²) in [7, 11) is -0.660. The normalized spacial score (nSPS) is 15.1. The van der Waals surface area contributed by atoms with E-state index in [9.17, 15) is 13.2 Å². The summed E-state index contributed by atoms with van der Waals surface area (Å²) < 4.78 is 28.3. The fourth-order valence-corrected chi connectivity index (χ4v) is 2.10. The maximum absolute atomic E-state index is 12.1. The SMILES string of the molecule is CN(C)C(=O)c1cc(S(N)(=O)=O)ccc1OC1CC1. The summed E-state index contributed by atoms with van der Waals surface area (Å²) in [6, 6.07) is 4.09. The molecule has 7 heteroatoms. The number of carbonyl (C=O) groups is 1. The molecule has 104 valence electrons. The number of ether oxygens (including phenoxy) is 1. The van der Waals surface area contributed by atoms with Crippen molar-refractivity contribution in [1.82, 2.24) is 4.90 Å². The van der Waals surface area contributed by atoms with E-state index >= 15 is 0 Å². The van der Waals surface area contributed by atoms with Crippen LogP contribution in [0.1, 0.15) is 23.2 Å². The predicted molar refractivity (Wildman–Crippen MR) is 69.5 cm³/mol. The van der Waals surface area contributed by atoms with Gasteiger partial charge in [-0.25, -0.2) is 13.6 Å². The molecule has 1 aromatic rings. The van der Waals surface area contributed by atoms with Crippen LogP contribution < -0.4 is 9.88 Å². The van der Waals surface area contributed by atoms with E-state index in [0.717, 1.165) is 12.8 Å². The molecule has 1 aliphatic carbocycles. The van der Waals surface area contributed by atoms with Gasteiger partial charge in [-0.2, -0.15) is 0 Å². The lowest BCUT2D eigenvalue weighted by Gasteiger charge is -2.15.